The van der Waals surface area contributed by atoms with E-state index in [0.29, 0.717) is 17.5 Å². The average molecular weight is 869 g/mol. The Labute approximate surface area is 397 Å². The second kappa shape index (κ2) is 16.3. The van der Waals surface area contributed by atoms with E-state index in [0.717, 1.165) is 46.6 Å². The molecular weight excluding hydrogens is 825 g/mol. The first-order valence-electron chi connectivity index (χ1n) is 23.5. The maximum Gasteiger partial charge on any atom is 0.164 e. The van der Waals surface area contributed by atoms with E-state index >= 15 is 0 Å². The second-order valence-corrected chi connectivity index (χ2v) is 17.8. The summed E-state index contributed by atoms with van der Waals surface area (Å²) in [6.45, 7) is 0. The standard InChI is InChI=1S/C64H44N4/c1-5-20-43(21-6-1)45-38-40-49(41-39-45)68(50-29-17-28-48(42-50)44-22-7-2-8-23-44)58-37-19-33-54-52-31-14-16-36-57(52)64(60(54)58)56-35-15-13-30-51(56)53-32-18-34-55(59(53)64)63-66-61(46-24-9-3-10-25-46)65-62(67-63)47-26-11-4-12-27-47/h1-7,9-22,24-42H,8,23H2. The lowest BCUT2D eigenvalue weighted by molar-refractivity contribution is 0.793. The molecule has 1 atom stereocenters. The van der Waals surface area contributed by atoms with Crippen LogP contribution in [-0.2, 0) is 5.41 Å². The lowest BCUT2D eigenvalue weighted by Gasteiger charge is -2.36. The van der Waals surface area contributed by atoms with Gasteiger partial charge in [-0.2, -0.15) is 0 Å². The quantitative estimate of drug-likeness (QED) is 0.153. The van der Waals surface area contributed by atoms with Gasteiger partial charge in [0.2, 0.25) is 0 Å². The smallest absolute Gasteiger partial charge is 0.164 e. The number of hydrogen-bond acceptors (Lipinski definition) is 4. The summed E-state index contributed by atoms with van der Waals surface area (Å²) in [7, 11) is 0. The van der Waals surface area contributed by atoms with Crippen molar-refractivity contribution in [2.45, 2.75) is 18.3 Å². The van der Waals surface area contributed by atoms with Crippen LogP contribution in [0.5, 0.6) is 0 Å². The van der Waals surface area contributed by atoms with E-state index in [4.69, 9.17) is 15.0 Å². The monoisotopic (exact) mass is 868 g/mol. The molecule has 1 aromatic heterocycles. The Kier molecular flexibility index (Phi) is 9.50. The summed E-state index contributed by atoms with van der Waals surface area (Å²) in [6, 6.07) is 81.1. The fourth-order valence-corrected chi connectivity index (χ4v) is 11.1. The molecule has 9 aromatic carbocycles. The highest BCUT2D eigenvalue weighted by Gasteiger charge is 2.54. The van der Waals surface area contributed by atoms with Crippen molar-refractivity contribution in [1.82, 2.24) is 15.0 Å². The van der Waals surface area contributed by atoms with E-state index < -0.39 is 5.41 Å². The van der Waals surface area contributed by atoms with Gasteiger partial charge in [0, 0.05) is 33.6 Å². The molecular formula is C64H44N4. The summed E-state index contributed by atoms with van der Waals surface area (Å²) in [6.07, 6.45) is 8.77. The van der Waals surface area contributed by atoms with Crippen LogP contribution in [-0.4, -0.2) is 15.0 Å². The number of nitrogens with zero attached hydrogens (tertiary/aromatic N) is 4. The van der Waals surface area contributed by atoms with Gasteiger partial charge in [0.15, 0.2) is 17.5 Å². The van der Waals surface area contributed by atoms with Crippen LogP contribution in [0, 0.1) is 0 Å². The lowest BCUT2D eigenvalue weighted by Crippen LogP contribution is -2.29. The minimum absolute atomic E-state index is 0.637. The van der Waals surface area contributed by atoms with Gasteiger partial charge >= 0.3 is 0 Å². The Morgan fingerprint density at radius 2 is 0.868 bits per heavy atom. The van der Waals surface area contributed by atoms with Gasteiger partial charge in [0.05, 0.1) is 11.1 Å². The van der Waals surface area contributed by atoms with Crippen molar-refractivity contribution in [3.8, 4) is 67.5 Å². The largest absolute Gasteiger partial charge is 0.310 e. The Hall–Kier alpha value is -8.73. The normalized spacial score (nSPS) is 15.0. The Morgan fingerprint density at radius 1 is 0.368 bits per heavy atom. The van der Waals surface area contributed by atoms with Crippen LogP contribution in [0.4, 0.5) is 17.1 Å². The number of hydrogen-bond donors (Lipinski definition) is 0. The Morgan fingerprint density at radius 3 is 1.50 bits per heavy atom. The van der Waals surface area contributed by atoms with E-state index in [1.807, 2.05) is 36.4 Å². The van der Waals surface area contributed by atoms with Crippen LogP contribution in [0.3, 0.4) is 0 Å². The molecule has 0 amide bonds. The highest BCUT2D eigenvalue weighted by Crippen LogP contribution is 2.66. The van der Waals surface area contributed by atoms with E-state index in [1.54, 1.807) is 0 Å². The second-order valence-electron chi connectivity index (χ2n) is 17.8. The minimum Gasteiger partial charge on any atom is -0.310 e. The van der Waals surface area contributed by atoms with E-state index in [1.165, 1.54) is 66.8 Å². The predicted molar refractivity (Wildman–Crippen MR) is 279 cm³/mol. The van der Waals surface area contributed by atoms with Gasteiger partial charge < -0.3 is 4.90 Å². The zero-order valence-electron chi connectivity index (χ0n) is 37.3. The van der Waals surface area contributed by atoms with Gasteiger partial charge in [-0.15, -0.1) is 0 Å². The summed E-state index contributed by atoms with van der Waals surface area (Å²) >= 11 is 0. The zero-order valence-corrected chi connectivity index (χ0v) is 37.3. The third-order valence-electron chi connectivity index (χ3n) is 14.0. The summed E-state index contributed by atoms with van der Waals surface area (Å²) in [5.41, 5.74) is 20.1. The van der Waals surface area contributed by atoms with Gasteiger partial charge in [0.1, 0.15) is 0 Å². The van der Waals surface area contributed by atoms with Gasteiger partial charge in [-0.05, 0) is 104 Å². The summed E-state index contributed by atoms with van der Waals surface area (Å²) in [5, 5.41) is 0. The van der Waals surface area contributed by atoms with Crippen LogP contribution in [0.1, 0.15) is 40.7 Å². The number of rotatable bonds is 8. The molecule has 0 saturated heterocycles. The fraction of sp³-hybridized carbons (Fsp3) is 0.0469. The van der Waals surface area contributed by atoms with Gasteiger partial charge in [-0.25, -0.2) is 15.0 Å². The summed E-state index contributed by atoms with van der Waals surface area (Å²) in [5.74, 6) is 1.91. The Balaban J connectivity index is 1.11. The van der Waals surface area contributed by atoms with Crippen molar-refractivity contribution in [3.63, 3.8) is 0 Å². The van der Waals surface area contributed by atoms with Crippen molar-refractivity contribution < 1.29 is 0 Å². The molecule has 10 aromatic rings. The van der Waals surface area contributed by atoms with E-state index in [-0.39, 0.29) is 0 Å². The molecule has 0 saturated carbocycles. The molecule has 1 heterocycles. The van der Waals surface area contributed by atoms with Crippen molar-refractivity contribution >= 4 is 22.6 Å². The lowest BCUT2D eigenvalue weighted by atomic mass is 9.68. The van der Waals surface area contributed by atoms with Crippen molar-refractivity contribution in [3.05, 3.63) is 271 Å². The number of fused-ring (bicyclic) bond motifs is 10. The minimum atomic E-state index is -0.756. The van der Waals surface area contributed by atoms with Gasteiger partial charge in [-0.3, -0.25) is 0 Å². The maximum atomic E-state index is 5.40. The van der Waals surface area contributed by atoms with E-state index in [2.05, 4.69) is 211 Å². The third-order valence-corrected chi connectivity index (χ3v) is 14.0. The number of allylic oxidation sites excluding steroid dienone is 4. The molecule has 13 rings (SSSR count). The number of benzene rings is 9. The molecule has 0 fully saturated rings. The molecule has 1 spiro atoms. The molecule has 0 aliphatic heterocycles. The maximum absolute atomic E-state index is 5.40. The molecule has 3 aliphatic rings. The van der Waals surface area contributed by atoms with Crippen molar-refractivity contribution in [2.75, 3.05) is 4.90 Å². The topological polar surface area (TPSA) is 41.9 Å². The molecule has 0 N–H and O–H groups in total. The highest BCUT2D eigenvalue weighted by molar-refractivity contribution is 6.02. The van der Waals surface area contributed by atoms with Crippen LogP contribution in [0.2, 0.25) is 0 Å². The highest BCUT2D eigenvalue weighted by atomic mass is 15.1. The number of anilines is 3. The molecule has 0 radical (unpaired) electrons. The van der Waals surface area contributed by atoms with Crippen LogP contribution in [0.15, 0.2) is 243 Å². The Bertz CT molecular complexity index is 3540. The third kappa shape index (κ3) is 6.33. The first-order valence-corrected chi connectivity index (χ1v) is 23.5. The molecule has 3 aliphatic carbocycles. The summed E-state index contributed by atoms with van der Waals surface area (Å²) in [4.78, 5) is 18.4. The molecule has 4 heteroatoms. The van der Waals surface area contributed by atoms with Gasteiger partial charge in [-0.1, -0.05) is 212 Å². The van der Waals surface area contributed by atoms with Crippen LogP contribution < -0.4 is 4.90 Å². The average Bonchev–Trinajstić information content (AvgIpc) is 3.90. The molecule has 1 unspecified atom stereocenters. The van der Waals surface area contributed by atoms with Crippen LogP contribution >= 0.6 is 0 Å². The SMILES string of the molecule is C1=CCCC(c2cccc(N(c3ccc(-c4ccccc4)cc3)c3cccc4c3C3(c5ccccc5-c5cccc(-c6nc(-c7ccccc7)nc(-c7ccccc7)n6)c53)c3ccccc3-4)c2)=C1. The number of aromatic nitrogens is 3. The fourth-order valence-electron chi connectivity index (χ4n) is 11.1. The first kappa shape index (κ1) is 39.6. The molecule has 68 heavy (non-hydrogen) atoms. The van der Waals surface area contributed by atoms with Crippen molar-refractivity contribution in [1.29, 1.82) is 0 Å². The molecule has 0 bridgehead atoms. The predicted octanol–water partition coefficient (Wildman–Crippen LogP) is 16.1. The van der Waals surface area contributed by atoms with Crippen LogP contribution in [0.25, 0.3) is 73.1 Å². The van der Waals surface area contributed by atoms with Gasteiger partial charge in [0.25, 0.3) is 0 Å². The molecule has 4 nitrogen and oxygen atoms in total. The van der Waals surface area contributed by atoms with Crippen molar-refractivity contribution in [2.24, 2.45) is 0 Å². The zero-order chi connectivity index (χ0) is 45.0. The van der Waals surface area contributed by atoms with E-state index in [9.17, 15) is 0 Å². The first-order chi connectivity index (χ1) is 33.7. The molecule has 320 valence electrons. The summed E-state index contributed by atoms with van der Waals surface area (Å²) < 4.78 is 0.